The van der Waals surface area contributed by atoms with E-state index < -0.39 is 0 Å². The van der Waals surface area contributed by atoms with E-state index in [-0.39, 0.29) is 24.0 Å². The summed E-state index contributed by atoms with van der Waals surface area (Å²) in [6.07, 6.45) is 8.80. The Hall–Kier alpha value is -2.90. The zero-order valence-electron chi connectivity index (χ0n) is 20.4. The van der Waals surface area contributed by atoms with Gasteiger partial charge in [-0.15, -0.1) is 0 Å². The van der Waals surface area contributed by atoms with Crippen LogP contribution in [0.3, 0.4) is 0 Å². The average Bonchev–Trinajstić information content (AvgIpc) is 3.23. The number of fused-ring (bicyclic) bond motifs is 4. The lowest BCUT2D eigenvalue weighted by molar-refractivity contribution is -0.140. The molecule has 3 aliphatic rings. The summed E-state index contributed by atoms with van der Waals surface area (Å²) >= 11 is 0. The van der Waals surface area contributed by atoms with Gasteiger partial charge < -0.3 is 19.7 Å². The smallest absolute Gasteiger partial charge is 0.225 e. The van der Waals surface area contributed by atoms with E-state index in [1.807, 2.05) is 30.6 Å². The molecule has 7 nitrogen and oxygen atoms in total. The van der Waals surface area contributed by atoms with Crippen LogP contribution in [0.2, 0.25) is 0 Å². The van der Waals surface area contributed by atoms with Crippen molar-refractivity contribution in [2.45, 2.75) is 50.1 Å². The van der Waals surface area contributed by atoms with Gasteiger partial charge in [0.1, 0.15) is 5.75 Å². The van der Waals surface area contributed by atoms with Crippen LogP contribution >= 0.6 is 0 Å². The summed E-state index contributed by atoms with van der Waals surface area (Å²) < 4.78 is 5.49. The molecule has 7 heteroatoms. The first kappa shape index (κ1) is 22.6. The highest BCUT2D eigenvalue weighted by Crippen LogP contribution is 2.49. The van der Waals surface area contributed by atoms with E-state index in [1.165, 1.54) is 22.9 Å². The molecule has 1 unspecified atom stereocenters. The number of hydrogen-bond acceptors (Lipinski definition) is 5. The third-order valence-corrected chi connectivity index (χ3v) is 8.64. The number of aliphatic hydroxyl groups is 1. The van der Waals surface area contributed by atoms with E-state index in [1.54, 1.807) is 7.11 Å². The molecule has 2 aliphatic heterocycles. The molecule has 4 heterocycles. The van der Waals surface area contributed by atoms with Crippen molar-refractivity contribution in [1.82, 2.24) is 19.8 Å². The van der Waals surface area contributed by atoms with E-state index in [0.29, 0.717) is 5.91 Å². The number of ether oxygens (including phenoxy) is 1. The van der Waals surface area contributed by atoms with Gasteiger partial charge in [0.2, 0.25) is 5.91 Å². The predicted octanol–water partition coefficient (Wildman–Crippen LogP) is 3.78. The molecule has 1 saturated carbocycles. The number of amides is 1. The normalized spacial score (nSPS) is 22.2. The molecule has 0 radical (unpaired) electrons. The molecular formula is C28H34N4O3. The second-order valence-corrected chi connectivity index (χ2v) is 10.5. The molecule has 1 spiro atoms. The van der Waals surface area contributed by atoms with Gasteiger partial charge in [0.05, 0.1) is 19.8 Å². The summed E-state index contributed by atoms with van der Waals surface area (Å²) in [6.45, 7) is 3.25. The maximum Gasteiger partial charge on any atom is 0.225 e. The van der Waals surface area contributed by atoms with E-state index in [4.69, 9.17) is 4.74 Å². The van der Waals surface area contributed by atoms with Crippen LogP contribution in [0.1, 0.15) is 55.0 Å². The highest BCUT2D eigenvalue weighted by atomic mass is 16.5. The molecule has 2 aromatic heterocycles. The second-order valence-electron chi connectivity index (χ2n) is 10.5. The van der Waals surface area contributed by atoms with Crippen molar-refractivity contribution in [1.29, 1.82) is 0 Å². The molecule has 3 aromatic rings. The Morgan fingerprint density at radius 3 is 2.63 bits per heavy atom. The number of aromatic nitrogens is 2. The lowest BCUT2D eigenvalue weighted by atomic mass is 9.68. The number of benzene rings is 1. The van der Waals surface area contributed by atoms with Crippen LogP contribution in [-0.2, 0) is 16.8 Å². The summed E-state index contributed by atoms with van der Waals surface area (Å²) in [7, 11) is 1.69. The molecule has 1 amide bonds. The zero-order valence-corrected chi connectivity index (χ0v) is 20.4. The monoisotopic (exact) mass is 474 g/mol. The molecule has 2 fully saturated rings. The molecule has 35 heavy (non-hydrogen) atoms. The summed E-state index contributed by atoms with van der Waals surface area (Å²) in [6, 6.07) is 10.2. The van der Waals surface area contributed by atoms with Crippen LogP contribution in [-0.4, -0.2) is 64.1 Å². The molecule has 1 aliphatic carbocycles. The Bertz CT molecular complexity index is 1210. The number of carbonyl (C=O) groups is 1. The van der Waals surface area contributed by atoms with Crippen molar-refractivity contribution in [3.8, 4) is 5.75 Å². The van der Waals surface area contributed by atoms with Crippen LogP contribution in [0.5, 0.6) is 5.75 Å². The van der Waals surface area contributed by atoms with E-state index in [9.17, 15) is 9.90 Å². The van der Waals surface area contributed by atoms with Crippen LogP contribution in [0, 0.1) is 5.92 Å². The van der Waals surface area contributed by atoms with Crippen molar-refractivity contribution in [3.05, 3.63) is 59.5 Å². The third-order valence-electron chi connectivity index (χ3n) is 8.64. The Morgan fingerprint density at radius 2 is 1.97 bits per heavy atom. The number of pyridine rings is 1. The Morgan fingerprint density at radius 1 is 1.20 bits per heavy atom. The van der Waals surface area contributed by atoms with Crippen molar-refractivity contribution in [2.24, 2.45) is 5.92 Å². The van der Waals surface area contributed by atoms with Crippen LogP contribution < -0.4 is 4.74 Å². The molecule has 6 rings (SSSR count). The maximum absolute atomic E-state index is 13.0. The number of nitrogens with zero attached hydrogens (tertiary/aromatic N) is 3. The predicted molar refractivity (Wildman–Crippen MR) is 134 cm³/mol. The van der Waals surface area contributed by atoms with Gasteiger partial charge in [0.15, 0.2) is 0 Å². The number of piperidine rings is 1. The lowest BCUT2D eigenvalue weighted by Crippen LogP contribution is -2.55. The van der Waals surface area contributed by atoms with Crippen molar-refractivity contribution < 1.29 is 14.6 Å². The van der Waals surface area contributed by atoms with Gasteiger partial charge in [0.25, 0.3) is 0 Å². The van der Waals surface area contributed by atoms with Gasteiger partial charge in [-0.1, -0.05) is 6.42 Å². The van der Waals surface area contributed by atoms with Gasteiger partial charge in [-0.25, -0.2) is 0 Å². The number of carbonyl (C=O) groups excluding carboxylic acids is 1. The maximum atomic E-state index is 13.0. The summed E-state index contributed by atoms with van der Waals surface area (Å²) in [5, 5.41) is 11.8. The van der Waals surface area contributed by atoms with Crippen LogP contribution in [0.25, 0.3) is 10.9 Å². The van der Waals surface area contributed by atoms with Gasteiger partial charge in [0, 0.05) is 72.6 Å². The minimum atomic E-state index is -0.114. The molecule has 184 valence electrons. The first-order chi connectivity index (χ1) is 17.1. The molecule has 1 aromatic carbocycles. The molecule has 1 atom stereocenters. The standard InChI is InChI=1S/C28H34N4O3/c1-35-21-5-6-22-23(15-21)30-26-24(17-33)32(16-19-7-11-29-12-8-19)18-28(25(22)26)9-13-31(14-10-28)27(34)20-3-2-4-20/h5-8,11-12,15,20,24,30,33H,2-4,9-10,13-14,16-18H2,1H3. The van der Waals surface area contributed by atoms with E-state index in [2.05, 4.69) is 31.9 Å². The zero-order chi connectivity index (χ0) is 24.0. The summed E-state index contributed by atoms with van der Waals surface area (Å²) in [4.78, 5) is 25.4. The number of hydrogen-bond donors (Lipinski definition) is 2. The van der Waals surface area contributed by atoms with E-state index >= 15 is 0 Å². The molecular weight excluding hydrogens is 440 g/mol. The molecule has 1 saturated heterocycles. The minimum Gasteiger partial charge on any atom is -0.497 e. The van der Waals surface area contributed by atoms with Crippen LogP contribution in [0.4, 0.5) is 0 Å². The van der Waals surface area contributed by atoms with Gasteiger partial charge >= 0.3 is 0 Å². The number of nitrogens with one attached hydrogen (secondary N) is 1. The van der Waals surface area contributed by atoms with Crippen LogP contribution in [0.15, 0.2) is 42.7 Å². The fourth-order valence-electron chi connectivity index (χ4n) is 6.48. The fourth-order valence-corrected chi connectivity index (χ4v) is 6.48. The van der Waals surface area contributed by atoms with E-state index in [0.717, 1.165) is 68.8 Å². The highest BCUT2D eigenvalue weighted by Gasteiger charge is 2.48. The average molecular weight is 475 g/mol. The number of H-pyrrole nitrogens is 1. The summed E-state index contributed by atoms with van der Waals surface area (Å²) in [5.41, 5.74) is 4.60. The van der Waals surface area contributed by atoms with Crippen molar-refractivity contribution >= 4 is 16.8 Å². The number of likely N-dealkylation sites (tertiary alicyclic amines) is 1. The second kappa shape index (κ2) is 8.95. The first-order valence-corrected chi connectivity index (χ1v) is 12.8. The number of aliphatic hydroxyl groups excluding tert-OH is 1. The Kier molecular flexibility index (Phi) is 5.77. The fraction of sp³-hybridized carbons (Fsp3) is 0.500. The number of methoxy groups -OCH3 is 1. The largest absolute Gasteiger partial charge is 0.497 e. The topological polar surface area (TPSA) is 81.7 Å². The molecule has 0 bridgehead atoms. The SMILES string of the molecule is COc1ccc2c3c([nH]c2c1)C(CO)N(Cc1ccncc1)CC31CCN(C(=O)C2CCC2)CC1. The first-order valence-electron chi connectivity index (χ1n) is 12.8. The van der Waals surface area contributed by atoms with Gasteiger partial charge in [-0.05, 0) is 61.1 Å². The molecule has 2 N–H and O–H groups in total. The number of rotatable bonds is 5. The van der Waals surface area contributed by atoms with Crippen molar-refractivity contribution in [3.63, 3.8) is 0 Å². The minimum absolute atomic E-state index is 0.0460. The quantitative estimate of drug-likeness (QED) is 0.588. The number of aromatic amines is 1. The Balaban J connectivity index is 1.39. The highest BCUT2D eigenvalue weighted by molar-refractivity contribution is 5.88. The lowest BCUT2D eigenvalue weighted by Gasteiger charge is -2.50. The van der Waals surface area contributed by atoms with Gasteiger partial charge in [-0.3, -0.25) is 14.7 Å². The Labute approximate surface area is 206 Å². The van der Waals surface area contributed by atoms with Crippen molar-refractivity contribution in [2.75, 3.05) is 33.4 Å². The van der Waals surface area contributed by atoms with Gasteiger partial charge in [-0.2, -0.15) is 0 Å². The summed E-state index contributed by atoms with van der Waals surface area (Å²) in [5.74, 6) is 1.42. The third kappa shape index (κ3) is 3.81.